The summed E-state index contributed by atoms with van der Waals surface area (Å²) in [5.74, 6) is 2.01. The Hall–Kier alpha value is -7.56. The van der Waals surface area contributed by atoms with Crippen LogP contribution in [0.5, 0.6) is 0 Å². The van der Waals surface area contributed by atoms with Gasteiger partial charge in [0.05, 0.1) is 27.5 Å². The number of nitrogens with zero attached hydrogens (tertiary/aromatic N) is 4. The fourth-order valence-corrected chi connectivity index (χ4v) is 11.3. The van der Waals surface area contributed by atoms with Crippen molar-refractivity contribution in [3.8, 4) is 55.6 Å². The first-order valence-corrected chi connectivity index (χ1v) is 21.2. The smallest absolute Gasteiger partial charge is 0.106 e. The van der Waals surface area contributed by atoms with Gasteiger partial charge in [-0.2, -0.15) is 0 Å². The summed E-state index contributed by atoms with van der Waals surface area (Å²) in [4.78, 5) is 9.71. The van der Waals surface area contributed by atoms with E-state index in [4.69, 9.17) is 9.97 Å². The number of rotatable bonds is 3. The molecule has 0 saturated carbocycles. The lowest BCUT2D eigenvalue weighted by Gasteiger charge is -2.32. The van der Waals surface area contributed by atoms with E-state index >= 15 is 0 Å². The lowest BCUT2D eigenvalue weighted by Crippen LogP contribution is -2.26. The van der Waals surface area contributed by atoms with Crippen molar-refractivity contribution in [3.63, 3.8) is 0 Å². The fraction of sp³-hybridized carbons (Fsp3) is 0.0877. The van der Waals surface area contributed by atoms with E-state index < -0.39 is 5.41 Å². The summed E-state index contributed by atoms with van der Waals surface area (Å²) >= 11 is 0. The summed E-state index contributed by atoms with van der Waals surface area (Å²) in [5.41, 5.74) is 21.7. The fourth-order valence-electron chi connectivity index (χ4n) is 11.3. The highest BCUT2D eigenvalue weighted by atomic mass is 15.1. The largest absolute Gasteiger partial charge is 0.331 e. The Morgan fingerprint density at radius 2 is 0.787 bits per heavy atom. The molecule has 2 aliphatic rings. The lowest BCUT2D eigenvalue weighted by molar-refractivity contribution is 0.796. The zero-order chi connectivity index (χ0) is 40.7. The van der Waals surface area contributed by atoms with Crippen molar-refractivity contribution in [1.82, 2.24) is 19.1 Å². The van der Waals surface area contributed by atoms with Crippen molar-refractivity contribution in [2.75, 3.05) is 0 Å². The molecular weight excluding hydrogens is 741 g/mol. The van der Waals surface area contributed by atoms with Gasteiger partial charge < -0.3 is 9.13 Å². The minimum absolute atomic E-state index is 0.496. The molecular formula is C57H40N4. The van der Waals surface area contributed by atoms with E-state index in [9.17, 15) is 0 Å². The predicted molar refractivity (Wildman–Crippen MR) is 252 cm³/mol. The Morgan fingerprint density at radius 1 is 0.377 bits per heavy atom. The molecule has 0 radical (unpaired) electrons. The molecule has 9 aromatic carbocycles. The number of hydrogen-bond donors (Lipinski definition) is 0. The Bertz CT molecular complexity index is 3500. The molecule has 0 aliphatic heterocycles. The van der Waals surface area contributed by atoms with Crippen molar-refractivity contribution in [2.24, 2.45) is 14.1 Å². The quantitative estimate of drug-likeness (QED) is 0.167. The Labute approximate surface area is 354 Å². The molecule has 0 bridgehead atoms. The van der Waals surface area contributed by atoms with Crippen LogP contribution in [0.1, 0.15) is 33.9 Å². The van der Waals surface area contributed by atoms with E-state index in [1.807, 2.05) is 0 Å². The van der Waals surface area contributed by atoms with Crippen molar-refractivity contribution in [2.45, 2.75) is 19.3 Å². The van der Waals surface area contributed by atoms with Gasteiger partial charge in [0.15, 0.2) is 0 Å². The first-order valence-electron chi connectivity index (χ1n) is 21.2. The van der Waals surface area contributed by atoms with E-state index in [1.54, 1.807) is 0 Å². The molecule has 0 unspecified atom stereocenters. The van der Waals surface area contributed by atoms with Gasteiger partial charge in [0.25, 0.3) is 0 Å². The van der Waals surface area contributed by atoms with Gasteiger partial charge in [0.2, 0.25) is 0 Å². The third kappa shape index (κ3) is 4.44. The normalized spacial score (nSPS) is 13.4. The zero-order valence-corrected chi connectivity index (χ0v) is 34.5. The van der Waals surface area contributed by atoms with E-state index in [0.717, 1.165) is 33.7 Å². The molecule has 1 spiro atoms. The summed E-state index contributed by atoms with van der Waals surface area (Å²) in [5, 5.41) is 4.92. The van der Waals surface area contributed by atoms with Crippen LogP contribution < -0.4 is 0 Å². The van der Waals surface area contributed by atoms with Crippen LogP contribution in [0.3, 0.4) is 0 Å². The molecule has 0 fully saturated rings. The summed E-state index contributed by atoms with van der Waals surface area (Å²) in [6.45, 7) is 4.15. The molecule has 288 valence electrons. The molecule has 0 amide bonds. The summed E-state index contributed by atoms with van der Waals surface area (Å²) in [7, 11) is 4.22. The molecule has 2 heterocycles. The molecule has 4 nitrogen and oxygen atoms in total. The molecule has 0 atom stereocenters. The number of hydrogen-bond acceptors (Lipinski definition) is 2. The first-order chi connectivity index (χ1) is 29.9. The van der Waals surface area contributed by atoms with Crippen LogP contribution in [-0.4, -0.2) is 19.1 Å². The van der Waals surface area contributed by atoms with Crippen molar-refractivity contribution in [3.05, 3.63) is 204 Å². The maximum Gasteiger partial charge on any atom is 0.106 e. The highest BCUT2D eigenvalue weighted by Crippen LogP contribution is 2.65. The number of imidazole rings is 2. The number of benzene rings is 9. The molecule has 2 aromatic heterocycles. The lowest BCUT2D eigenvalue weighted by atomic mass is 9.68. The number of aromatic nitrogens is 4. The van der Waals surface area contributed by atoms with E-state index in [2.05, 4.69) is 207 Å². The molecule has 0 saturated heterocycles. The van der Waals surface area contributed by atoms with Crippen LogP contribution >= 0.6 is 0 Å². The van der Waals surface area contributed by atoms with Gasteiger partial charge in [-0.1, -0.05) is 140 Å². The third-order valence-corrected chi connectivity index (χ3v) is 14.2. The van der Waals surface area contributed by atoms with Crippen LogP contribution in [0.4, 0.5) is 0 Å². The van der Waals surface area contributed by atoms with Crippen molar-refractivity contribution >= 4 is 43.6 Å². The van der Waals surface area contributed by atoms with Gasteiger partial charge >= 0.3 is 0 Å². The van der Waals surface area contributed by atoms with Crippen molar-refractivity contribution in [1.29, 1.82) is 0 Å². The number of aryl methyl sites for hydroxylation is 4. The minimum Gasteiger partial charge on any atom is -0.331 e. The maximum absolute atomic E-state index is 4.85. The minimum atomic E-state index is -0.496. The molecule has 61 heavy (non-hydrogen) atoms. The van der Waals surface area contributed by atoms with E-state index in [0.29, 0.717) is 0 Å². The molecule has 0 N–H and O–H groups in total. The third-order valence-electron chi connectivity index (χ3n) is 14.2. The topological polar surface area (TPSA) is 35.6 Å². The second-order valence-corrected chi connectivity index (χ2v) is 17.0. The highest BCUT2D eigenvalue weighted by molar-refractivity contribution is 6.20. The second kappa shape index (κ2) is 12.2. The molecule has 4 heteroatoms. The van der Waals surface area contributed by atoms with E-state index in [1.165, 1.54) is 99.4 Å². The van der Waals surface area contributed by atoms with Crippen LogP contribution in [-0.2, 0) is 19.5 Å². The average molecular weight is 781 g/mol. The van der Waals surface area contributed by atoms with Crippen LogP contribution in [0, 0.1) is 13.8 Å². The predicted octanol–water partition coefficient (Wildman–Crippen LogP) is 13.7. The van der Waals surface area contributed by atoms with Gasteiger partial charge in [0.1, 0.15) is 11.6 Å². The molecule has 2 aliphatic carbocycles. The average Bonchev–Trinajstić information content (AvgIpc) is 3.98. The van der Waals surface area contributed by atoms with Gasteiger partial charge in [-0.25, -0.2) is 9.97 Å². The zero-order valence-electron chi connectivity index (χ0n) is 34.5. The maximum atomic E-state index is 4.85. The molecule has 13 rings (SSSR count). The summed E-state index contributed by atoms with van der Waals surface area (Å²) in [6.07, 6.45) is 0. The number of fused-ring (bicyclic) bond motifs is 14. The van der Waals surface area contributed by atoms with Gasteiger partial charge in [-0.05, 0) is 144 Å². The van der Waals surface area contributed by atoms with Crippen LogP contribution in [0.25, 0.3) is 99.2 Å². The van der Waals surface area contributed by atoms with Crippen molar-refractivity contribution < 1.29 is 0 Å². The van der Waals surface area contributed by atoms with Gasteiger partial charge in [0, 0.05) is 14.1 Å². The Balaban J connectivity index is 1.19. The SMILES string of the molecule is Cc1nc2ccc(-c3cccc4c(-c5cccc6c5C5(c7ccccc7-c7ccccc75)c5ccccc5-6)c5cccc(-c6ccc7nc(C)n(C)c7c6)c5cc34)cc2n1C. The monoisotopic (exact) mass is 780 g/mol. The standard InChI is InChI=1S/C57H40N4/c1-33-58-51-28-26-35(30-53(51)60(33)3)37-17-11-19-42-46(37)32-47-38(36-27-29-52-54(31-36)61(4)34(2)59-52)18-12-20-43(47)55(42)45-22-13-21-44-41-16-7-10-25-50(41)57(56(44)45)48-23-8-5-14-39(48)40-15-6-9-24-49(40)57/h5-32H,1-4H3. The van der Waals surface area contributed by atoms with Crippen LogP contribution in [0.15, 0.2) is 170 Å². The highest BCUT2D eigenvalue weighted by Gasteiger charge is 2.52. The van der Waals surface area contributed by atoms with Gasteiger partial charge in [-0.3, -0.25) is 0 Å². The Morgan fingerprint density at radius 3 is 1.30 bits per heavy atom. The summed E-state index contributed by atoms with van der Waals surface area (Å²) in [6, 6.07) is 64.1. The van der Waals surface area contributed by atoms with Gasteiger partial charge in [-0.15, -0.1) is 0 Å². The molecule has 11 aromatic rings. The Kier molecular flexibility index (Phi) is 6.89. The summed E-state index contributed by atoms with van der Waals surface area (Å²) < 4.78 is 4.39. The second-order valence-electron chi connectivity index (χ2n) is 17.0. The van der Waals surface area contributed by atoms with E-state index in [-0.39, 0.29) is 0 Å². The van der Waals surface area contributed by atoms with Crippen LogP contribution in [0.2, 0.25) is 0 Å². The first kappa shape index (κ1) is 34.3.